The summed E-state index contributed by atoms with van der Waals surface area (Å²) in [4.78, 5) is 26.4. The molecular formula is C28H23FN2O2S. The molecule has 0 saturated carbocycles. The molecule has 0 bridgehead atoms. The second-order valence-electron chi connectivity index (χ2n) is 7.75. The number of halogens is 1. The summed E-state index contributed by atoms with van der Waals surface area (Å²) in [6.45, 7) is 1.97. The van der Waals surface area contributed by atoms with Gasteiger partial charge in [-0.05, 0) is 73.2 Å². The molecular weight excluding hydrogens is 447 g/mol. The molecule has 34 heavy (non-hydrogen) atoms. The molecule has 1 unspecified atom stereocenters. The number of hydrogen-bond donors (Lipinski definition) is 2. The fourth-order valence-corrected chi connectivity index (χ4v) is 4.33. The lowest BCUT2D eigenvalue weighted by molar-refractivity contribution is -0.115. The van der Waals surface area contributed by atoms with Crippen LogP contribution in [-0.2, 0) is 4.79 Å². The molecule has 1 atom stereocenters. The van der Waals surface area contributed by atoms with Crippen LogP contribution in [0, 0.1) is 12.7 Å². The van der Waals surface area contributed by atoms with Gasteiger partial charge in [0.2, 0.25) is 5.91 Å². The number of aryl methyl sites for hydroxylation is 1. The maximum Gasteiger partial charge on any atom is 0.255 e. The van der Waals surface area contributed by atoms with Gasteiger partial charge < -0.3 is 10.6 Å². The predicted octanol–water partition coefficient (Wildman–Crippen LogP) is 6.86. The van der Waals surface area contributed by atoms with E-state index in [0.717, 1.165) is 16.0 Å². The molecule has 0 heterocycles. The highest BCUT2D eigenvalue weighted by Gasteiger charge is 2.22. The van der Waals surface area contributed by atoms with Gasteiger partial charge in [-0.3, -0.25) is 9.59 Å². The van der Waals surface area contributed by atoms with Gasteiger partial charge in [0.15, 0.2) is 0 Å². The maximum atomic E-state index is 13.2. The van der Waals surface area contributed by atoms with Crippen molar-refractivity contribution in [3.8, 4) is 0 Å². The van der Waals surface area contributed by atoms with Gasteiger partial charge >= 0.3 is 0 Å². The first kappa shape index (κ1) is 23.3. The summed E-state index contributed by atoms with van der Waals surface area (Å²) >= 11 is 1.40. The van der Waals surface area contributed by atoms with Gasteiger partial charge in [-0.2, -0.15) is 0 Å². The molecule has 0 radical (unpaired) electrons. The third kappa shape index (κ3) is 6.11. The zero-order valence-electron chi connectivity index (χ0n) is 18.5. The quantitative estimate of drug-likeness (QED) is 0.290. The third-order valence-corrected chi connectivity index (χ3v) is 6.40. The Morgan fingerprint density at radius 3 is 1.97 bits per heavy atom. The van der Waals surface area contributed by atoms with Crippen molar-refractivity contribution in [3.63, 3.8) is 0 Å². The Bertz CT molecular complexity index is 1260. The van der Waals surface area contributed by atoms with E-state index in [-0.39, 0.29) is 17.6 Å². The Kier molecular flexibility index (Phi) is 7.40. The average molecular weight is 471 g/mol. The summed E-state index contributed by atoms with van der Waals surface area (Å²) < 4.78 is 13.2. The molecule has 4 rings (SSSR count). The maximum absolute atomic E-state index is 13.2. The van der Waals surface area contributed by atoms with E-state index >= 15 is 0 Å². The van der Waals surface area contributed by atoms with E-state index in [0.29, 0.717) is 16.9 Å². The van der Waals surface area contributed by atoms with Crippen molar-refractivity contribution in [3.05, 3.63) is 126 Å². The molecule has 0 fully saturated rings. The van der Waals surface area contributed by atoms with Crippen molar-refractivity contribution in [2.45, 2.75) is 17.1 Å². The molecule has 0 aliphatic carbocycles. The summed E-state index contributed by atoms with van der Waals surface area (Å²) in [6, 6.07) is 29.9. The normalized spacial score (nSPS) is 11.5. The van der Waals surface area contributed by atoms with Crippen LogP contribution < -0.4 is 10.6 Å². The Balaban J connectivity index is 1.47. The lowest BCUT2D eigenvalue weighted by Gasteiger charge is -2.17. The fraction of sp³-hybridized carbons (Fsp3) is 0.0714. The first-order valence-electron chi connectivity index (χ1n) is 10.7. The number of carbonyl (C=O) groups excluding carboxylic acids is 2. The third-order valence-electron chi connectivity index (χ3n) is 5.13. The van der Waals surface area contributed by atoms with E-state index < -0.39 is 5.25 Å². The summed E-state index contributed by atoms with van der Waals surface area (Å²) in [5, 5.41) is 5.24. The van der Waals surface area contributed by atoms with Gasteiger partial charge in [0.25, 0.3) is 5.91 Å². The number of hydrogen-bond acceptors (Lipinski definition) is 3. The molecule has 0 spiro atoms. The SMILES string of the molecule is Cc1ccc(C(=O)Nc2ccc(SC(C(=O)Nc3ccc(F)cc3)c3ccccc3)cc2)cc1. The van der Waals surface area contributed by atoms with Gasteiger partial charge in [0, 0.05) is 21.8 Å². The minimum atomic E-state index is -0.515. The highest BCUT2D eigenvalue weighted by atomic mass is 32.2. The number of benzene rings is 4. The van der Waals surface area contributed by atoms with Crippen LogP contribution in [0.15, 0.2) is 108 Å². The van der Waals surface area contributed by atoms with Crippen molar-refractivity contribution in [2.75, 3.05) is 10.6 Å². The smallest absolute Gasteiger partial charge is 0.255 e. The topological polar surface area (TPSA) is 58.2 Å². The zero-order chi connectivity index (χ0) is 23.9. The summed E-state index contributed by atoms with van der Waals surface area (Å²) in [6.07, 6.45) is 0. The van der Waals surface area contributed by atoms with E-state index in [1.807, 2.05) is 73.7 Å². The van der Waals surface area contributed by atoms with Crippen LogP contribution in [0.5, 0.6) is 0 Å². The van der Waals surface area contributed by atoms with E-state index in [1.54, 1.807) is 12.1 Å². The van der Waals surface area contributed by atoms with Crippen molar-refractivity contribution < 1.29 is 14.0 Å². The molecule has 2 amide bonds. The lowest BCUT2D eigenvalue weighted by Crippen LogP contribution is -2.19. The van der Waals surface area contributed by atoms with Gasteiger partial charge in [0.1, 0.15) is 11.1 Å². The molecule has 0 aliphatic heterocycles. The van der Waals surface area contributed by atoms with Crippen LogP contribution in [0.2, 0.25) is 0 Å². The number of nitrogens with one attached hydrogen (secondary N) is 2. The van der Waals surface area contributed by atoms with Crippen LogP contribution in [0.25, 0.3) is 0 Å². The van der Waals surface area contributed by atoms with E-state index in [1.165, 1.54) is 36.0 Å². The van der Waals surface area contributed by atoms with Crippen LogP contribution >= 0.6 is 11.8 Å². The Labute approximate surface area is 202 Å². The molecule has 2 N–H and O–H groups in total. The predicted molar refractivity (Wildman–Crippen MR) is 136 cm³/mol. The first-order chi connectivity index (χ1) is 16.5. The van der Waals surface area contributed by atoms with Crippen molar-refractivity contribution >= 4 is 35.0 Å². The summed E-state index contributed by atoms with van der Waals surface area (Å²) in [5.41, 5.74) is 3.73. The molecule has 0 aromatic heterocycles. The number of rotatable bonds is 7. The van der Waals surface area contributed by atoms with Crippen molar-refractivity contribution in [1.29, 1.82) is 0 Å². The Morgan fingerprint density at radius 1 is 0.735 bits per heavy atom. The number of carbonyl (C=O) groups is 2. The van der Waals surface area contributed by atoms with Crippen LogP contribution in [0.1, 0.15) is 26.7 Å². The highest BCUT2D eigenvalue weighted by Crippen LogP contribution is 2.36. The van der Waals surface area contributed by atoms with Gasteiger partial charge in [-0.15, -0.1) is 11.8 Å². The molecule has 4 nitrogen and oxygen atoms in total. The molecule has 4 aromatic carbocycles. The van der Waals surface area contributed by atoms with Gasteiger partial charge in [-0.25, -0.2) is 4.39 Å². The average Bonchev–Trinajstić information content (AvgIpc) is 2.86. The number of anilines is 2. The zero-order valence-corrected chi connectivity index (χ0v) is 19.3. The largest absolute Gasteiger partial charge is 0.325 e. The highest BCUT2D eigenvalue weighted by molar-refractivity contribution is 8.00. The minimum Gasteiger partial charge on any atom is -0.325 e. The molecule has 4 aromatic rings. The Morgan fingerprint density at radius 2 is 1.32 bits per heavy atom. The standard InChI is InChI=1S/C28H23FN2O2S/c1-19-7-9-21(10-8-19)27(32)30-24-15-17-25(18-16-24)34-26(20-5-3-2-4-6-20)28(33)31-23-13-11-22(29)12-14-23/h2-18,26H,1H3,(H,30,32)(H,31,33). The molecule has 0 aliphatic rings. The summed E-state index contributed by atoms with van der Waals surface area (Å²) in [5.74, 6) is -0.748. The monoisotopic (exact) mass is 470 g/mol. The van der Waals surface area contributed by atoms with E-state index in [2.05, 4.69) is 10.6 Å². The second-order valence-corrected chi connectivity index (χ2v) is 8.93. The van der Waals surface area contributed by atoms with Crippen LogP contribution in [-0.4, -0.2) is 11.8 Å². The molecule has 170 valence electrons. The van der Waals surface area contributed by atoms with E-state index in [9.17, 15) is 14.0 Å². The minimum absolute atomic E-state index is 0.179. The second kappa shape index (κ2) is 10.8. The number of thioether (sulfide) groups is 1. The van der Waals surface area contributed by atoms with Crippen molar-refractivity contribution in [2.24, 2.45) is 0 Å². The number of amides is 2. The lowest BCUT2D eigenvalue weighted by atomic mass is 10.1. The van der Waals surface area contributed by atoms with Crippen LogP contribution in [0.4, 0.5) is 15.8 Å². The van der Waals surface area contributed by atoms with Gasteiger partial charge in [-0.1, -0.05) is 48.0 Å². The van der Waals surface area contributed by atoms with Gasteiger partial charge in [0.05, 0.1) is 0 Å². The summed E-state index contributed by atoms with van der Waals surface area (Å²) in [7, 11) is 0. The van der Waals surface area contributed by atoms with E-state index in [4.69, 9.17) is 0 Å². The first-order valence-corrected chi connectivity index (χ1v) is 11.6. The Hall–Kier alpha value is -3.90. The fourth-order valence-electron chi connectivity index (χ4n) is 3.30. The van der Waals surface area contributed by atoms with Crippen LogP contribution in [0.3, 0.4) is 0 Å². The molecule has 6 heteroatoms. The van der Waals surface area contributed by atoms with Crippen molar-refractivity contribution in [1.82, 2.24) is 0 Å². The molecule has 0 saturated heterocycles.